The van der Waals surface area contributed by atoms with E-state index in [4.69, 9.17) is 5.53 Å². The molecular formula is C20H35F3N2O. The maximum atomic E-state index is 12.4. The van der Waals surface area contributed by atoms with Crippen molar-refractivity contribution in [2.24, 2.45) is 0 Å². The Balaban J connectivity index is 3.39. The summed E-state index contributed by atoms with van der Waals surface area (Å²) in [6.45, 7) is 2.23. The lowest BCUT2D eigenvalue weighted by Gasteiger charge is -2.03. The van der Waals surface area contributed by atoms with Gasteiger partial charge in [0.25, 0.3) is 0 Å². The molecule has 0 radical (unpaired) electrons. The van der Waals surface area contributed by atoms with Gasteiger partial charge in [0.05, 0.1) is 0 Å². The lowest BCUT2D eigenvalue weighted by molar-refractivity contribution is -0.136. The van der Waals surface area contributed by atoms with Crippen molar-refractivity contribution in [1.29, 1.82) is 0 Å². The van der Waals surface area contributed by atoms with Crippen molar-refractivity contribution in [2.45, 2.75) is 116 Å². The summed E-state index contributed by atoms with van der Waals surface area (Å²) in [5.74, 6) is -1.13. The van der Waals surface area contributed by atoms with E-state index in [1.165, 1.54) is 64.2 Å². The summed E-state index contributed by atoms with van der Waals surface area (Å²) < 4.78 is 37.1. The number of unbranched alkanes of at least 4 members (excludes halogenated alkanes) is 14. The fourth-order valence-corrected chi connectivity index (χ4v) is 3.05. The standard InChI is InChI=1S/C20H35F3N2O/c1-2-3-4-5-6-7-8-9-10-11-12-13-14-15-16-17-18(26)19(25-24)20(21,22)23/h2-17H2,1H3. The van der Waals surface area contributed by atoms with Crippen LogP contribution in [-0.2, 0) is 4.79 Å². The summed E-state index contributed by atoms with van der Waals surface area (Å²) in [5, 5.41) is 0. The van der Waals surface area contributed by atoms with Gasteiger partial charge >= 0.3 is 11.9 Å². The van der Waals surface area contributed by atoms with Gasteiger partial charge in [-0.2, -0.15) is 18.0 Å². The van der Waals surface area contributed by atoms with Crippen molar-refractivity contribution in [3.8, 4) is 0 Å². The van der Waals surface area contributed by atoms with E-state index in [1.807, 2.05) is 0 Å². The highest BCUT2D eigenvalue weighted by molar-refractivity contribution is 6.39. The van der Waals surface area contributed by atoms with Gasteiger partial charge in [-0.05, 0) is 6.42 Å². The zero-order valence-electron chi connectivity index (χ0n) is 16.3. The van der Waals surface area contributed by atoms with Crippen molar-refractivity contribution in [1.82, 2.24) is 0 Å². The highest BCUT2D eigenvalue weighted by Gasteiger charge is 2.48. The molecule has 3 nitrogen and oxygen atoms in total. The second-order valence-corrected chi connectivity index (χ2v) is 7.07. The number of alkyl halides is 3. The number of nitrogens with zero attached hydrogens (tertiary/aromatic N) is 2. The average Bonchev–Trinajstić information content (AvgIpc) is 2.57. The minimum absolute atomic E-state index is 0.211. The predicted octanol–water partition coefficient (Wildman–Crippen LogP) is 7.05. The van der Waals surface area contributed by atoms with Crippen molar-refractivity contribution in [3.05, 3.63) is 5.53 Å². The summed E-state index contributed by atoms with van der Waals surface area (Å²) in [4.78, 5) is 13.4. The second-order valence-electron chi connectivity index (χ2n) is 7.07. The largest absolute Gasteiger partial charge is 0.498 e. The Morgan fingerprint density at radius 2 is 1.08 bits per heavy atom. The Kier molecular flexibility index (Phi) is 15.3. The molecular weight excluding hydrogens is 341 g/mol. The van der Waals surface area contributed by atoms with Gasteiger partial charge in [-0.1, -0.05) is 96.8 Å². The van der Waals surface area contributed by atoms with Gasteiger partial charge in [-0.3, -0.25) is 4.79 Å². The molecule has 0 fully saturated rings. The first-order valence-electron chi connectivity index (χ1n) is 10.3. The maximum absolute atomic E-state index is 12.4. The number of carbonyl (C=O) groups is 1. The molecule has 0 unspecified atom stereocenters. The number of Topliss-reactive ketones (excluding diaryl/α,β-unsaturated/α-hetero) is 1. The second kappa shape index (κ2) is 16.0. The number of carbonyl (C=O) groups excluding carboxylic acids is 1. The molecule has 0 aromatic heterocycles. The Morgan fingerprint density at radius 3 is 1.38 bits per heavy atom. The fraction of sp³-hybridized carbons (Fsp3) is 0.900. The summed E-state index contributed by atoms with van der Waals surface area (Å²) in [5.41, 5.74) is 6.61. The average molecular weight is 377 g/mol. The molecule has 0 aliphatic carbocycles. The summed E-state index contributed by atoms with van der Waals surface area (Å²) in [6.07, 6.45) is 12.4. The number of halogens is 3. The zero-order valence-corrected chi connectivity index (χ0v) is 16.3. The number of ketones is 1. The van der Waals surface area contributed by atoms with Crippen LogP contribution in [0.4, 0.5) is 13.2 Å². The van der Waals surface area contributed by atoms with E-state index in [2.05, 4.69) is 11.7 Å². The molecule has 0 saturated heterocycles. The molecule has 0 aliphatic rings. The van der Waals surface area contributed by atoms with Crippen LogP contribution in [0.5, 0.6) is 0 Å². The SMILES string of the molecule is CCCCCCCCCCCCCCCCCC(=O)C(=[N+]=[N-])C(F)(F)F. The molecule has 0 aliphatic heterocycles. The van der Waals surface area contributed by atoms with Crippen LogP contribution in [0, 0.1) is 0 Å². The highest BCUT2D eigenvalue weighted by Crippen LogP contribution is 2.18. The topological polar surface area (TPSA) is 53.5 Å². The van der Waals surface area contributed by atoms with E-state index >= 15 is 0 Å². The minimum Gasteiger partial charge on any atom is -0.361 e. The molecule has 0 saturated carbocycles. The Labute approximate surface area is 156 Å². The van der Waals surface area contributed by atoms with E-state index in [0.717, 1.165) is 25.7 Å². The molecule has 152 valence electrons. The molecule has 0 heterocycles. The molecule has 0 rings (SSSR count). The van der Waals surface area contributed by atoms with Crippen LogP contribution in [0.2, 0.25) is 0 Å². The van der Waals surface area contributed by atoms with E-state index in [-0.39, 0.29) is 6.42 Å². The van der Waals surface area contributed by atoms with Crippen LogP contribution in [0.1, 0.15) is 110 Å². The van der Waals surface area contributed by atoms with Gasteiger partial charge in [0.2, 0.25) is 5.78 Å². The van der Waals surface area contributed by atoms with Crippen molar-refractivity contribution >= 4 is 11.5 Å². The molecule has 26 heavy (non-hydrogen) atoms. The molecule has 0 spiro atoms. The quantitative estimate of drug-likeness (QED) is 0.116. The monoisotopic (exact) mass is 376 g/mol. The molecule has 0 aromatic carbocycles. The van der Waals surface area contributed by atoms with Crippen LogP contribution in [-0.4, -0.2) is 22.5 Å². The van der Waals surface area contributed by atoms with Crippen molar-refractivity contribution in [3.63, 3.8) is 0 Å². The van der Waals surface area contributed by atoms with Crippen LogP contribution in [0.15, 0.2) is 0 Å². The Bertz CT molecular complexity index is 416. The molecule has 0 N–H and O–H groups in total. The third kappa shape index (κ3) is 14.1. The van der Waals surface area contributed by atoms with Gasteiger partial charge in [-0.25, -0.2) is 0 Å². The van der Waals surface area contributed by atoms with Crippen LogP contribution in [0.25, 0.3) is 5.53 Å². The number of rotatable bonds is 17. The molecule has 0 bridgehead atoms. The third-order valence-electron chi connectivity index (χ3n) is 4.64. The molecule has 0 atom stereocenters. The molecule has 0 aromatic rings. The molecule has 0 amide bonds. The lowest BCUT2D eigenvalue weighted by Crippen LogP contribution is -2.32. The number of hydrogen-bond donors (Lipinski definition) is 0. The Morgan fingerprint density at radius 1 is 0.731 bits per heavy atom. The summed E-state index contributed by atoms with van der Waals surface area (Å²) in [7, 11) is 0. The lowest BCUT2D eigenvalue weighted by atomic mass is 10.0. The smallest absolute Gasteiger partial charge is 0.361 e. The highest BCUT2D eigenvalue weighted by atomic mass is 19.4. The zero-order chi connectivity index (χ0) is 19.7. The Hall–Kier alpha value is -1.16. The van der Waals surface area contributed by atoms with Gasteiger partial charge in [0, 0.05) is 6.42 Å². The summed E-state index contributed by atoms with van der Waals surface area (Å²) in [6, 6.07) is 0. The van der Waals surface area contributed by atoms with Gasteiger partial charge < -0.3 is 5.53 Å². The maximum Gasteiger partial charge on any atom is 0.498 e. The van der Waals surface area contributed by atoms with E-state index in [1.54, 1.807) is 0 Å². The van der Waals surface area contributed by atoms with Crippen LogP contribution < -0.4 is 0 Å². The minimum atomic E-state index is -4.87. The third-order valence-corrected chi connectivity index (χ3v) is 4.64. The first-order valence-corrected chi connectivity index (χ1v) is 10.3. The van der Waals surface area contributed by atoms with Crippen molar-refractivity contribution < 1.29 is 22.8 Å². The van der Waals surface area contributed by atoms with E-state index < -0.39 is 17.7 Å². The first kappa shape index (κ1) is 24.8. The van der Waals surface area contributed by atoms with Crippen LogP contribution >= 0.6 is 0 Å². The van der Waals surface area contributed by atoms with E-state index in [9.17, 15) is 18.0 Å². The molecule has 6 heteroatoms. The number of hydrogen-bond acceptors (Lipinski definition) is 1. The van der Waals surface area contributed by atoms with Gasteiger partial charge in [0.15, 0.2) is 0 Å². The normalized spacial score (nSPS) is 11.4. The van der Waals surface area contributed by atoms with Crippen LogP contribution in [0.3, 0.4) is 0 Å². The van der Waals surface area contributed by atoms with Crippen molar-refractivity contribution in [2.75, 3.05) is 0 Å². The first-order chi connectivity index (χ1) is 12.4. The van der Waals surface area contributed by atoms with E-state index in [0.29, 0.717) is 6.42 Å². The van der Waals surface area contributed by atoms with Gasteiger partial charge in [0.1, 0.15) is 0 Å². The fourth-order valence-electron chi connectivity index (χ4n) is 3.05. The predicted molar refractivity (Wildman–Crippen MR) is 99.2 cm³/mol. The summed E-state index contributed by atoms with van der Waals surface area (Å²) >= 11 is 0. The van der Waals surface area contributed by atoms with Gasteiger partial charge in [-0.15, -0.1) is 0 Å².